The number of fused-ring (bicyclic) bond motifs is 1. The topological polar surface area (TPSA) is 66.5 Å². The highest BCUT2D eigenvalue weighted by Crippen LogP contribution is 2.28. The number of hydrogen-bond donors (Lipinski definition) is 1. The van der Waals surface area contributed by atoms with Crippen LogP contribution in [0, 0.1) is 6.92 Å². The fourth-order valence-corrected chi connectivity index (χ4v) is 6.13. The molecule has 1 N–H and O–H groups in total. The standard InChI is InChI=1S/C28H32N2O3S/c1-3-26(24-18-17-22-12-8-9-13-23(22)19-24)29-28(31)20-30(27-16-10-7-11-21(27)2)34(32,33)25-14-5-4-6-15-25/h4-7,10-11,14-19,26H,3,8-9,12-13,20H2,1-2H3,(H,29,31)/t26-/m0/s1. The molecule has 0 unspecified atom stereocenters. The summed E-state index contributed by atoms with van der Waals surface area (Å²) < 4.78 is 28.3. The summed E-state index contributed by atoms with van der Waals surface area (Å²) in [6.07, 6.45) is 5.33. The average Bonchev–Trinajstić information content (AvgIpc) is 2.86. The fraction of sp³-hybridized carbons (Fsp3) is 0.321. The Morgan fingerprint density at radius 3 is 2.32 bits per heavy atom. The monoisotopic (exact) mass is 476 g/mol. The largest absolute Gasteiger partial charge is 0.348 e. The summed E-state index contributed by atoms with van der Waals surface area (Å²) in [5, 5.41) is 3.09. The lowest BCUT2D eigenvalue weighted by Crippen LogP contribution is -2.42. The quantitative estimate of drug-likeness (QED) is 0.477. The van der Waals surface area contributed by atoms with E-state index < -0.39 is 10.0 Å². The number of carbonyl (C=O) groups excluding carboxylic acids is 1. The van der Waals surface area contributed by atoms with Crippen molar-refractivity contribution < 1.29 is 13.2 Å². The molecule has 1 amide bonds. The molecule has 1 aliphatic carbocycles. The van der Waals surface area contributed by atoms with Gasteiger partial charge in [0.05, 0.1) is 16.6 Å². The van der Waals surface area contributed by atoms with Crippen molar-refractivity contribution in [1.29, 1.82) is 0 Å². The molecule has 3 aromatic rings. The first-order chi connectivity index (χ1) is 16.4. The maximum absolute atomic E-state index is 13.6. The highest BCUT2D eigenvalue weighted by atomic mass is 32.2. The molecule has 1 atom stereocenters. The number of amides is 1. The molecule has 3 aromatic carbocycles. The van der Waals surface area contributed by atoms with Crippen LogP contribution in [0.2, 0.25) is 0 Å². The van der Waals surface area contributed by atoms with Gasteiger partial charge in [-0.2, -0.15) is 0 Å². The molecule has 0 saturated carbocycles. The molecule has 34 heavy (non-hydrogen) atoms. The molecule has 0 fully saturated rings. The van der Waals surface area contributed by atoms with Crippen LogP contribution in [0.15, 0.2) is 77.7 Å². The van der Waals surface area contributed by atoms with E-state index in [4.69, 9.17) is 0 Å². The van der Waals surface area contributed by atoms with Crippen molar-refractivity contribution in [1.82, 2.24) is 5.32 Å². The lowest BCUT2D eigenvalue weighted by molar-refractivity contribution is -0.120. The van der Waals surface area contributed by atoms with Crippen LogP contribution in [0.25, 0.3) is 0 Å². The summed E-state index contributed by atoms with van der Waals surface area (Å²) >= 11 is 0. The molecular formula is C28H32N2O3S. The van der Waals surface area contributed by atoms with Crippen molar-refractivity contribution in [2.75, 3.05) is 10.8 Å². The van der Waals surface area contributed by atoms with E-state index in [1.165, 1.54) is 28.3 Å². The van der Waals surface area contributed by atoms with Crippen molar-refractivity contribution in [2.24, 2.45) is 0 Å². The number of sulfonamides is 1. The third-order valence-corrected chi connectivity index (χ3v) is 8.29. The number of hydrogen-bond acceptors (Lipinski definition) is 3. The lowest BCUT2D eigenvalue weighted by atomic mass is 9.89. The molecule has 0 bridgehead atoms. The van der Waals surface area contributed by atoms with Gasteiger partial charge in [0, 0.05) is 0 Å². The zero-order valence-corrected chi connectivity index (χ0v) is 20.6. The number of aryl methyl sites for hydroxylation is 3. The minimum atomic E-state index is -3.92. The van der Waals surface area contributed by atoms with Gasteiger partial charge in [-0.05, 0) is 79.5 Å². The number of carbonyl (C=O) groups is 1. The second kappa shape index (κ2) is 10.4. The van der Waals surface area contributed by atoms with Gasteiger partial charge in [-0.3, -0.25) is 9.10 Å². The SMILES string of the molecule is CC[C@H](NC(=O)CN(c1ccccc1C)S(=O)(=O)c1ccccc1)c1ccc2c(c1)CCCC2. The Kier molecular flexibility index (Phi) is 7.37. The zero-order chi connectivity index (χ0) is 24.1. The van der Waals surface area contributed by atoms with E-state index in [9.17, 15) is 13.2 Å². The molecule has 178 valence electrons. The van der Waals surface area contributed by atoms with Gasteiger partial charge in [0.15, 0.2) is 0 Å². The first-order valence-electron chi connectivity index (χ1n) is 11.9. The molecule has 0 aliphatic heterocycles. The minimum absolute atomic E-state index is 0.160. The van der Waals surface area contributed by atoms with E-state index in [2.05, 4.69) is 23.5 Å². The van der Waals surface area contributed by atoms with E-state index in [0.717, 1.165) is 30.4 Å². The van der Waals surface area contributed by atoms with Gasteiger partial charge in [0.2, 0.25) is 5.91 Å². The number of nitrogens with zero attached hydrogens (tertiary/aromatic N) is 1. The summed E-state index contributed by atoms with van der Waals surface area (Å²) in [5.41, 5.74) is 5.13. The molecule has 0 heterocycles. The van der Waals surface area contributed by atoms with Crippen LogP contribution in [-0.4, -0.2) is 20.9 Å². The maximum atomic E-state index is 13.6. The third-order valence-electron chi connectivity index (χ3n) is 6.52. The molecule has 0 aromatic heterocycles. The zero-order valence-electron chi connectivity index (χ0n) is 19.8. The van der Waals surface area contributed by atoms with E-state index in [1.807, 2.05) is 26.0 Å². The number of benzene rings is 3. The Balaban J connectivity index is 1.60. The second-order valence-electron chi connectivity index (χ2n) is 8.87. The number of anilines is 1. The van der Waals surface area contributed by atoms with Gasteiger partial charge in [0.25, 0.3) is 10.0 Å². The normalized spacial score (nSPS) is 14.2. The first kappa shape index (κ1) is 24.0. The average molecular weight is 477 g/mol. The van der Waals surface area contributed by atoms with Crippen molar-refractivity contribution in [3.63, 3.8) is 0 Å². The van der Waals surface area contributed by atoms with Gasteiger partial charge in [-0.15, -0.1) is 0 Å². The molecule has 0 radical (unpaired) electrons. The lowest BCUT2D eigenvalue weighted by Gasteiger charge is -2.27. The molecule has 1 aliphatic rings. The predicted molar refractivity (Wildman–Crippen MR) is 136 cm³/mol. The molecule has 0 saturated heterocycles. The van der Waals surface area contributed by atoms with Crippen LogP contribution < -0.4 is 9.62 Å². The Morgan fingerprint density at radius 1 is 0.941 bits per heavy atom. The highest BCUT2D eigenvalue weighted by molar-refractivity contribution is 7.92. The third kappa shape index (κ3) is 5.17. The van der Waals surface area contributed by atoms with Crippen molar-refractivity contribution in [3.05, 3.63) is 95.1 Å². The Labute approximate surface area is 202 Å². The van der Waals surface area contributed by atoms with Crippen LogP contribution in [0.1, 0.15) is 54.5 Å². The smallest absolute Gasteiger partial charge is 0.264 e. The van der Waals surface area contributed by atoms with E-state index in [-0.39, 0.29) is 23.4 Å². The Morgan fingerprint density at radius 2 is 1.62 bits per heavy atom. The maximum Gasteiger partial charge on any atom is 0.264 e. The highest BCUT2D eigenvalue weighted by Gasteiger charge is 2.29. The molecule has 0 spiro atoms. The number of nitrogens with one attached hydrogen (secondary N) is 1. The van der Waals surface area contributed by atoms with E-state index >= 15 is 0 Å². The first-order valence-corrected chi connectivity index (χ1v) is 13.4. The fourth-order valence-electron chi connectivity index (χ4n) is 4.62. The van der Waals surface area contributed by atoms with Gasteiger partial charge in [-0.25, -0.2) is 8.42 Å². The van der Waals surface area contributed by atoms with Crippen molar-refractivity contribution >= 4 is 21.6 Å². The molecule has 6 heteroatoms. The van der Waals surface area contributed by atoms with Gasteiger partial charge in [-0.1, -0.05) is 61.5 Å². The molecule has 5 nitrogen and oxygen atoms in total. The van der Waals surface area contributed by atoms with Crippen LogP contribution in [0.4, 0.5) is 5.69 Å². The Hall–Kier alpha value is -3.12. The van der Waals surface area contributed by atoms with Gasteiger partial charge >= 0.3 is 0 Å². The number of para-hydroxylation sites is 1. The summed E-state index contributed by atoms with van der Waals surface area (Å²) in [6, 6.07) is 21.8. The minimum Gasteiger partial charge on any atom is -0.348 e. The van der Waals surface area contributed by atoms with Crippen LogP contribution in [0.3, 0.4) is 0 Å². The van der Waals surface area contributed by atoms with Crippen LogP contribution >= 0.6 is 0 Å². The molecular weight excluding hydrogens is 444 g/mol. The van der Waals surface area contributed by atoms with Crippen molar-refractivity contribution in [2.45, 2.75) is 56.9 Å². The van der Waals surface area contributed by atoms with Gasteiger partial charge in [0.1, 0.15) is 6.54 Å². The van der Waals surface area contributed by atoms with E-state index in [1.54, 1.807) is 42.5 Å². The summed E-state index contributed by atoms with van der Waals surface area (Å²) in [5.74, 6) is -0.327. The summed E-state index contributed by atoms with van der Waals surface area (Å²) in [6.45, 7) is 3.59. The molecule has 4 rings (SSSR count). The van der Waals surface area contributed by atoms with Gasteiger partial charge < -0.3 is 5.32 Å². The van der Waals surface area contributed by atoms with Crippen molar-refractivity contribution in [3.8, 4) is 0 Å². The second-order valence-corrected chi connectivity index (χ2v) is 10.7. The van der Waals surface area contributed by atoms with E-state index in [0.29, 0.717) is 5.69 Å². The predicted octanol–water partition coefficient (Wildman–Crippen LogP) is 5.34. The van der Waals surface area contributed by atoms with Crippen LogP contribution in [-0.2, 0) is 27.7 Å². The summed E-state index contributed by atoms with van der Waals surface area (Å²) in [4.78, 5) is 13.4. The number of rotatable bonds is 8. The summed E-state index contributed by atoms with van der Waals surface area (Å²) in [7, 11) is -3.92. The van der Waals surface area contributed by atoms with Crippen LogP contribution in [0.5, 0.6) is 0 Å². The Bertz CT molecular complexity index is 1260.